The van der Waals surface area contributed by atoms with Crippen LogP contribution in [0.5, 0.6) is 0 Å². The van der Waals surface area contributed by atoms with Crippen LogP contribution in [0.1, 0.15) is 28.5 Å². The summed E-state index contributed by atoms with van der Waals surface area (Å²) in [5, 5.41) is 5.12. The maximum Gasteiger partial charge on any atom is 0.257 e. The molecule has 3 aromatic rings. The van der Waals surface area contributed by atoms with Gasteiger partial charge in [0.2, 0.25) is 5.91 Å². The van der Waals surface area contributed by atoms with Gasteiger partial charge in [-0.05, 0) is 37.1 Å². The molecule has 1 unspecified atom stereocenters. The third-order valence-corrected chi connectivity index (χ3v) is 5.42. The Bertz CT molecular complexity index is 984. The molecule has 1 N–H and O–H groups in total. The fourth-order valence-electron chi connectivity index (χ4n) is 3.39. The number of carbonyl (C=O) groups excluding carboxylic acids is 2. The number of hydrogen-bond acceptors (Lipinski definition) is 4. The molecule has 2 amide bonds. The van der Waals surface area contributed by atoms with Crippen molar-refractivity contribution in [1.29, 1.82) is 0 Å². The van der Waals surface area contributed by atoms with Gasteiger partial charge in [0, 0.05) is 22.7 Å². The van der Waals surface area contributed by atoms with Crippen molar-refractivity contribution in [3.8, 4) is 0 Å². The van der Waals surface area contributed by atoms with E-state index in [1.807, 2.05) is 46.7 Å². The van der Waals surface area contributed by atoms with Crippen molar-refractivity contribution in [2.45, 2.75) is 25.8 Å². The number of aromatic nitrogens is 1. The molecule has 0 radical (unpaired) electrons. The lowest BCUT2D eigenvalue weighted by atomic mass is 10.1. The van der Waals surface area contributed by atoms with Crippen molar-refractivity contribution >= 4 is 34.0 Å². The Balaban J connectivity index is 1.44. The van der Waals surface area contributed by atoms with Crippen LogP contribution in [0.3, 0.4) is 0 Å². The minimum atomic E-state index is -0.204. The number of carbonyl (C=O) groups is 2. The molecule has 136 valence electrons. The number of fused-ring (bicyclic) bond motifs is 1. The first-order chi connectivity index (χ1) is 13.1. The first-order valence-electron chi connectivity index (χ1n) is 8.82. The Morgan fingerprint density at radius 3 is 2.70 bits per heavy atom. The van der Waals surface area contributed by atoms with E-state index in [2.05, 4.69) is 23.3 Å². The van der Waals surface area contributed by atoms with Crippen molar-refractivity contribution in [2.24, 2.45) is 0 Å². The molecule has 6 heteroatoms. The number of nitrogens with one attached hydrogen (secondary N) is 1. The van der Waals surface area contributed by atoms with Gasteiger partial charge in [0.25, 0.3) is 5.91 Å². The lowest BCUT2D eigenvalue weighted by Gasteiger charge is -2.22. The van der Waals surface area contributed by atoms with Crippen LogP contribution in [0.25, 0.3) is 0 Å². The lowest BCUT2D eigenvalue weighted by Crippen LogP contribution is -2.36. The third kappa shape index (κ3) is 3.61. The number of rotatable bonds is 4. The molecule has 0 fully saturated rings. The molecule has 4 rings (SSSR count). The van der Waals surface area contributed by atoms with E-state index in [9.17, 15) is 9.59 Å². The van der Waals surface area contributed by atoms with Gasteiger partial charge < -0.3 is 4.90 Å². The zero-order chi connectivity index (χ0) is 18.8. The van der Waals surface area contributed by atoms with Crippen LogP contribution in [-0.2, 0) is 17.6 Å². The quantitative estimate of drug-likeness (QED) is 0.750. The third-order valence-electron chi connectivity index (χ3n) is 4.62. The van der Waals surface area contributed by atoms with Crippen LogP contribution in [-0.4, -0.2) is 22.8 Å². The monoisotopic (exact) mass is 377 g/mol. The molecule has 2 aromatic carbocycles. The van der Waals surface area contributed by atoms with Gasteiger partial charge in [-0.15, -0.1) is 11.3 Å². The number of thiazole rings is 1. The standard InChI is InChI=1S/C21H19N3O2S/c1-14-11-16-9-5-6-10-18(16)24(14)19(25)12-17-13-27-21(22-17)23-20(26)15-7-3-2-4-8-15/h2-10,13-14H,11-12H2,1H3,(H,22,23,26). The van der Waals surface area contributed by atoms with Gasteiger partial charge >= 0.3 is 0 Å². The van der Waals surface area contributed by atoms with Crippen molar-refractivity contribution in [2.75, 3.05) is 10.2 Å². The second-order valence-corrected chi connectivity index (χ2v) is 7.44. The van der Waals surface area contributed by atoms with Crippen LogP contribution in [0.4, 0.5) is 10.8 Å². The van der Waals surface area contributed by atoms with Crippen molar-refractivity contribution in [3.63, 3.8) is 0 Å². The summed E-state index contributed by atoms with van der Waals surface area (Å²) in [7, 11) is 0. The number of nitrogens with zero attached hydrogens (tertiary/aromatic N) is 2. The number of amides is 2. The summed E-state index contributed by atoms with van der Waals surface area (Å²) < 4.78 is 0. The Kier molecular flexibility index (Phi) is 4.73. The molecular weight excluding hydrogens is 358 g/mol. The molecule has 0 aliphatic carbocycles. The van der Waals surface area contributed by atoms with E-state index in [0.29, 0.717) is 16.4 Å². The van der Waals surface area contributed by atoms with Gasteiger partial charge in [-0.25, -0.2) is 4.98 Å². The normalized spacial score (nSPS) is 15.4. The highest BCUT2D eigenvalue weighted by atomic mass is 32.1. The van der Waals surface area contributed by atoms with Gasteiger partial charge in [0.15, 0.2) is 5.13 Å². The van der Waals surface area contributed by atoms with Crippen LogP contribution >= 0.6 is 11.3 Å². The molecule has 0 saturated heterocycles. The molecule has 1 aliphatic heterocycles. The Labute approximate surface area is 161 Å². The van der Waals surface area contributed by atoms with E-state index in [4.69, 9.17) is 0 Å². The fraction of sp³-hybridized carbons (Fsp3) is 0.190. The molecular formula is C21H19N3O2S. The molecule has 2 heterocycles. The largest absolute Gasteiger partial charge is 0.309 e. The summed E-state index contributed by atoms with van der Waals surface area (Å²) in [5.41, 5.74) is 3.44. The van der Waals surface area contributed by atoms with Crippen LogP contribution in [0.2, 0.25) is 0 Å². The zero-order valence-electron chi connectivity index (χ0n) is 14.9. The van der Waals surface area contributed by atoms with Crippen LogP contribution in [0, 0.1) is 0 Å². The second kappa shape index (κ2) is 7.32. The maximum atomic E-state index is 12.8. The van der Waals surface area contributed by atoms with Crippen molar-refractivity contribution < 1.29 is 9.59 Å². The number of anilines is 2. The highest BCUT2D eigenvalue weighted by Gasteiger charge is 2.30. The topological polar surface area (TPSA) is 62.3 Å². The highest BCUT2D eigenvalue weighted by Crippen LogP contribution is 2.32. The smallest absolute Gasteiger partial charge is 0.257 e. The predicted molar refractivity (Wildman–Crippen MR) is 107 cm³/mol. The van der Waals surface area contributed by atoms with Crippen LogP contribution in [0.15, 0.2) is 60.0 Å². The average Bonchev–Trinajstić information content (AvgIpc) is 3.25. The van der Waals surface area contributed by atoms with E-state index in [-0.39, 0.29) is 24.3 Å². The molecule has 1 atom stereocenters. The van der Waals surface area contributed by atoms with E-state index < -0.39 is 0 Å². The minimum absolute atomic E-state index is 0.0266. The number of para-hydroxylation sites is 1. The lowest BCUT2D eigenvalue weighted by molar-refractivity contribution is -0.118. The molecule has 27 heavy (non-hydrogen) atoms. The molecule has 1 aromatic heterocycles. The van der Waals surface area contributed by atoms with E-state index >= 15 is 0 Å². The van der Waals surface area contributed by atoms with Gasteiger partial charge in [0.05, 0.1) is 12.1 Å². The minimum Gasteiger partial charge on any atom is -0.309 e. The van der Waals surface area contributed by atoms with Crippen molar-refractivity contribution in [3.05, 3.63) is 76.8 Å². The van der Waals surface area contributed by atoms with E-state index in [1.54, 1.807) is 12.1 Å². The van der Waals surface area contributed by atoms with Gasteiger partial charge in [-0.2, -0.15) is 0 Å². The maximum absolute atomic E-state index is 12.8. The molecule has 0 saturated carbocycles. The molecule has 5 nitrogen and oxygen atoms in total. The van der Waals surface area contributed by atoms with Gasteiger partial charge in [0.1, 0.15) is 0 Å². The Hall–Kier alpha value is -2.99. The Morgan fingerprint density at radius 2 is 1.89 bits per heavy atom. The fourth-order valence-corrected chi connectivity index (χ4v) is 4.10. The molecule has 1 aliphatic rings. The summed E-state index contributed by atoms with van der Waals surface area (Å²) >= 11 is 1.33. The predicted octanol–water partition coefficient (Wildman–Crippen LogP) is 3.92. The first kappa shape index (κ1) is 17.4. The van der Waals surface area contributed by atoms with Crippen molar-refractivity contribution in [1.82, 2.24) is 4.98 Å². The second-order valence-electron chi connectivity index (χ2n) is 6.59. The van der Waals surface area contributed by atoms with E-state index in [0.717, 1.165) is 12.1 Å². The summed E-state index contributed by atoms with van der Waals surface area (Å²) in [6, 6.07) is 17.2. The summed E-state index contributed by atoms with van der Waals surface area (Å²) in [6.07, 6.45) is 1.09. The van der Waals surface area contributed by atoms with E-state index in [1.165, 1.54) is 16.9 Å². The zero-order valence-corrected chi connectivity index (χ0v) is 15.7. The number of hydrogen-bond donors (Lipinski definition) is 1. The SMILES string of the molecule is CC1Cc2ccccc2N1C(=O)Cc1csc(NC(=O)c2ccccc2)n1. The van der Waals surface area contributed by atoms with Crippen LogP contribution < -0.4 is 10.2 Å². The summed E-state index contributed by atoms with van der Waals surface area (Å²) in [6.45, 7) is 2.06. The van der Waals surface area contributed by atoms with Gasteiger partial charge in [-0.1, -0.05) is 36.4 Å². The molecule has 0 bridgehead atoms. The van der Waals surface area contributed by atoms with Gasteiger partial charge in [-0.3, -0.25) is 14.9 Å². The summed E-state index contributed by atoms with van der Waals surface area (Å²) in [5.74, 6) is -0.177. The Morgan fingerprint density at radius 1 is 1.15 bits per heavy atom. The highest BCUT2D eigenvalue weighted by molar-refractivity contribution is 7.14. The molecule has 0 spiro atoms. The summed E-state index contributed by atoms with van der Waals surface area (Å²) in [4.78, 5) is 31.3. The number of benzene rings is 2. The first-order valence-corrected chi connectivity index (χ1v) is 9.70. The average molecular weight is 377 g/mol.